The molecule has 6 nitrogen and oxygen atoms in total. The number of aryl methyl sites for hydroxylation is 1. The zero-order valence-corrected chi connectivity index (χ0v) is 27.2. The minimum atomic E-state index is -1.23. The van der Waals surface area contributed by atoms with Gasteiger partial charge in [0, 0.05) is 49.8 Å². The van der Waals surface area contributed by atoms with Gasteiger partial charge in [0.15, 0.2) is 5.78 Å². The summed E-state index contributed by atoms with van der Waals surface area (Å²) in [5, 5.41) is 11.8. The minimum Gasteiger partial charge on any atom is -0.392 e. The lowest BCUT2D eigenvalue weighted by molar-refractivity contribution is -0.140. The van der Waals surface area contributed by atoms with Gasteiger partial charge in [-0.3, -0.25) is 14.4 Å². The van der Waals surface area contributed by atoms with Crippen molar-refractivity contribution in [2.24, 2.45) is 11.8 Å². The highest BCUT2D eigenvalue weighted by atomic mass is 19.1. The van der Waals surface area contributed by atoms with Crippen molar-refractivity contribution < 1.29 is 28.3 Å². The third-order valence-corrected chi connectivity index (χ3v) is 8.72. The van der Waals surface area contributed by atoms with Crippen LogP contribution >= 0.6 is 0 Å². The van der Waals surface area contributed by atoms with Gasteiger partial charge in [0.25, 0.3) is 5.91 Å². The molecular formula is C38H46F2N2O4. The summed E-state index contributed by atoms with van der Waals surface area (Å²) >= 11 is 0. The van der Waals surface area contributed by atoms with Crippen LogP contribution in [0, 0.1) is 30.4 Å². The van der Waals surface area contributed by atoms with Gasteiger partial charge in [-0.05, 0) is 92.0 Å². The predicted octanol–water partition coefficient (Wildman–Crippen LogP) is 7.16. The van der Waals surface area contributed by atoms with E-state index in [0.29, 0.717) is 49.3 Å². The lowest BCUT2D eigenvalue weighted by atomic mass is 9.80. The Morgan fingerprint density at radius 2 is 1.57 bits per heavy atom. The molecule has 0 bridgehead atoms. The van der Waals surface area contributed by atoms with E-state index in [1.165, 1.54) is 12.1 Å². The van der Waals surface area contributed by atoms with Crippen molar-refractivity contribution in [2.75, 3.05) is 19.6 Å². The Kier molecular flexibility index (Phi) is 12.6. The summed E-state index contributed by atoms with van der Waals surface area (Å²) in [6.45, 7) is 8.04. The van der Waals surface area contributed by atoms with Crippen molar-refractivity contribution in [3.63, 3.8) is 0 Å². The van der Waals surface area contributed by atoms with Crippen LogP contribution < -0.4 is 0 Å². The van der Waals surface area contributed by atoms with E-state index >= 15 is 0 Å². The van der Waals surface area contributed by atoms with E-state index in [1.807, 2.05) is 51.1 Å². The molecule has 1 aliphatic heterocycles. The molecule has 0 radical (unpaired) electrons. The Morgan fingerprint density at radius 3 is 2.22 bits per heavy atom. The number of hydrogen-bond acceptors (Lipinski definition) is 4. The molecule has 3 aromatic carbocycles. The van der Waals surface area contributed by atoms with E-state index in [4.69, 9.17) is 0 Å². The largest absolute Gasteiger partial charge is 0.392 e. The van der Waals surface area contributed by atoms with Crippen LogP contribution in [0.2, 0.25) is 0 Å². The van der Waals surface area contributed by atoms with Crippen LogP contribution in [0.15, 0.2) is 66.7 Å². The summed E-state index contributed by atoms with van der Waals surface area (Å²) in [5.74, 6) is -3.70. The number of amides is 2. The number of carbonyl (C=O) groups is 3. The van der Waals surface area contributed by atoms with E-state index < -0.39 is 29.6 Å². The van der Waals surface area contributed by atoms with Crippen LogP contribution in [0.1, 0.15) is 89.8 Å². The van der Waals surface area contributed by atoms with Gasteiger partial charge in [-0.25, -0.2) is 8.78 Å². The van der Waals surface area contributed by atoms with Crippen molar-refractivity contribution in [3.8, 4) is 0 Å². The molecule has 2 unspecified atom stereocenters. The number of carbonyl (C=O) groups excluding carboxylic acids is 3. The lowest BCUT2D eigenvalue weighted by Crippen LogP contribution is -2.43. The SMILES string of the molecule is CCCN(CCC)C(=O)c1cc(C)cc(C(=O)CC(Cc2cc(F)cc(F)c2)[C@H](O)C2CCCCN(Cc3ccccc3)C2=O)c1. The lowest BCUT2D eigenvalue weighted by Gasteiger charge is -2.31. The Morgan fingerprint density at radius 1 is 0.913 bits per heavy atom. The molecule has 0 saturated carbocycles. The molecule has 2 amide bonds. The first-order valence-electron chi connectivity index (χ1n) is 16.5. The number of aliphatic hydroxyl groups is 1. The molecule has 3 atom stereocenters. The molecule has 0 spiro atoms. The number of likely N-dealkylation sites (tertiary alicyclic amines) is 1. The van der Waals surface area contributed by atoms with Gasteiger partial charge >= 0.3 is 0 Å². The Bertz CT molecular complexity index is 1470. The van der Waals surface area contributed by atoms with Crippen molar-refractivity contribution in [1.82, 2.24) is 9.80 Å². The second-order valence-electron chi connectivity index (χ2n) is 12.6. The fraction of sp³-hybridized carbons (Fsp3) is 0.447. The van der Waals surface area contributed by atoms with E-state index in [9.17, 15) is 28.3 Å². The third-order valence-electron chi connectivity index (χ3n) is 8.72. The van der Waals surface area contributed by atoms with Gasteiger partial charge in [-0.15, -0.1) is 0 Å². The number of benzene rings is 3. The molecule has 4 rings (SSSR count). The Balaban J connectivity index is 1.63. The van der Waals surface area contributed by atoms with Gasteiger partial charge < -0.3 is 14.9 Å². The van der Waals surface area contributed by atoms with Crippen LogP contribution in [0.25, 0.3) is 0 Å². The number of Topliss-reactive ketones (excluding diaryl/α,β-unsaturated/α-hetero) is 1. The molecular weight excluding hydrogens is 586 g/mol. The van der Waals surface area contributed by atoms with E-state index in [0.717, 1.165) is 42.9 Å². The standard InChI is InChI=1S/C38H46F2N2O4/c1-4-14-41(15-5-2)37(45)31-18-26(3)17-29(22-31)35(43)23-30(19-28-20-32(39)24-33(40)21-28)36(44)34-13-9-10-16-42(38(34)46)25-27-11-7-6-8-12-27/h6-8,11-12,17-18,20-22,24,30,34,36,44H,4-5,9-10,13-16,19,23,25H2,1-3H3/t30?,34?,36-/m0/s1. The minimum absolute atomic E-state index is 0.00241. The van der Waals surface area contributed by atoms with Crippen LogP contribution in [0.5, 0.6) is 0 Å². The molecule has 0 aromatic heterocycles. The van der Waals surface area contributed by atoms with Crippen LogP contribution in [-0.4, -0.2) is 58.2 Å². The number of aliphatic hydroxyl groups excluding tert-OH is 1. The molecule has 1 fully saturated rings. The molecule has 246 valence electrons. The normalized spacial score (nSPS) is 16.5. The van der Waals surface area contributed by atoms with Crippen molar-refractivity contribution in [3.05, 3.63) is 106 Å². The predicted molar refractivity (Wildman–Crippen MR) is 175 cm³/mol. The number of hydrogen-bond donors (Lipinski definition) is 1. The number of rotatable bonds is 14. The second-order valence-corrected chi connectivity index (χ2v) is 12.6. The van der Waals surface area contributed by atoms with Crippen LogP contribution in [-0.2, 0) is 17.8 Å². The highest BCUT2D eigenvalue weighted by Crippen LogP contribution is 2.31. The first kappa shape index (κ1) is 35.0. The van der Waals surface area contributed by atoms with Gasteiger partial charge in [0.05, 0.1) is 12.0 Å². The molecule has 0 aliphatic carbocycles. The monoisotopic (exact) mass is 632 g/mol. The zero-order valence-electron chi connectivity index (χ0n) is 27.2. The summed E-state index contributed by atoms with van der Waals surface area (Å²) in [4.78, 5) is 44.7. The molecule has 1 N–H and O–H groups in total. The first-order chi connectivity index (χ1) is 22.1. The molecule has 3 aromatic rings. The Hall–Kier alpha value is -3.91. The first-order valence-corrected chi connectivity index (χ1v) is 16.5. The fourth-order valence-electron chi connectivity index (χ4n) is 6.55. The molecule has 46 heavy (non-hydrogen) atoms. The Labute approximate surface area is 271 Å². The maximum Gasteiger partial charge on any atom is 0.253 e. The number of nitrogens with zero attached hydrogens (tertiary/aromatic N) is 2. The molecule has 8 heteroatoms. The zero-order chi connectivity index (χ0) is 33.2. The molecule has 1 heterocycles. The summed E-state index contributed by atoms with van der Waals surface area (Å²) in [6, 6.07) is 17.9. The van der Waals surface area contributed by atoms with E-state index in [2.05, 4.69) is 0 Å². The average molecular weight is 633 g/mol. The van der Waals surface area contributed by atoms with Crippen molar-refractivity contribution in [2.45, 2.75) is 78.4 Å². The molecule has 1 saturated heterocycles. The molecule has 1 aliphatic rings. The third kappa shape index (κ3) is 9.32. The maximum atomic E-state index is 14.2. The van der Waals surface area contributed by atoms with Crippen LogP contribution in [0.4, 0.5) is 8.78 Å². The maximum absolute atomic E-state index is 14.2. The summed E-state index contributed by atoms with van der Waals surface area (Å²) in [7, 11) is 0. The number of ketones is 1. The smallest absolute Gasteiger partial charge is 0.253 e. The number of halogens is 2. The second kappa shape index (κ2) is 16.6. The van der Waals surface area contributed by atoms with E-state index in [1.54, 1.807) is 28.0 Å². The van der Waals surface area contributed by atoms with Gasteiger partial charge in [0.1, 0.15) is 11.6 Å². The van der Waals surface area contributed by atoms with Crippen molar-refractivity contribution in [1.29, 1.82) is 0 Å². The highest BCUT2D eigenvalue weighted by Gasteiger charge is 2.37. The van der Waals surface area contributed by atoms with E-state index in [-0.39, 0.29) is 30.4 Å². The van der Waals surface area contributed by atoms with Gasteiger partial charge in [-0.2, -0.15) is 0 Å². The van der Waals surface area contributed by atoms with Gasteiger partial charge in [0.2, 0.25) is 5.91 Å². The quantitative estimate of drug-likeness (QED) is 0.192. The average Bonchev–Trinajstić information content (AvgIpc) is 3.20. The summed E-state index contributed by atoms with van der Waals surface area (Å²) < 4.78 is 28.4. The van der Waals surface area contributed by atoms with Crippen molar-refractivity contribution >= 4 is 17.6 Å². The highest BCUT2D eigenvalue weighted by molar-refractivity contribution is 6.01. The fourth-order valence-corrected chi connectivity index (χ4v) is 6.55. The summed E-state index contributed by atoms with van der Waals surface area (Å²) in [6.07, 6.45) is 2.20. The summed E-state index contributed by atoms with van der Waals surface area (Å²) in [5.41, 5.74) is 2.78. The van der Waals surface area contributed by atoms with Gasteiger partial charge in [-0.1, -0.05) is 50.6 Å². The topological polar surface area (TPSA) is 77.9 Å². The van der Waals surface area contributed by atoms with Crippen LogP contribution in [0.3, 0.4) is 0 Å².